The zero-order chi connectivity index (χ0) is 20.4. The second kappa shape index (κ2) is 8.23. The van der Waals surface area contributed by atoms with E-state index < -0.39 is 5.25 Å². The number of halogens is 1. The van der Waals surface area contributed by atoms with Crippen LogP contribution in [0.5, 0.6) is 0 Å². The van der Waals surface area contributed by atoms with Crippen LogP contribution in [0.1, 0.15) is 17.3 Å². The van der Waals surface area contributed by atoms with Crippen molar-refractivity contribution in [1.29, 1.82) is 0 Å². The summed E-state index contributed by atoms with van der Waals surface area (Å²) in [7, 11) is 0. The van der Waals surface area contributed by atoms with Crippen molar-refractivity contribution in [2.45, 2.75) is 17.3 Å². The maximum Gasteiger partial charge on any atom is 0.266 e. The standard InChI is InChI=1S/C23H17ClN2O2S/c1-15(21(27)16-7-3-2-4-8-16)29-23-25-20-10-6-5-9-19(20)22(28)26(23)18-13-11-17(24)12-14-18/h2-15H,1H3. The van der Waals surface area contributed by atoms with Crippen LogP contribution in [0.15, 0.2) is 88.8 Å². The van der Waals surface area contributed by atoms with E-state index in [0.717, 1.165) is 0 Å². The van der Waals surface area contributed by atoms with Gasteiger partial charge in [0.05, 0.1) is 21.8 Å². The van der Waals surface area contributed by atoms with Gasteiger partial charge in [0.15, 0.2) is 10.9 Å². The average molecular weight is 421 g/mol. The SMILES string of the molecule is CC(Sc1nc2ccccc2c(=O)n1-c1ccc(Cl)cc1)C(=O)c1ccccc1. The highest BCUT2D eigenvalue weighted by Crippen LogP contribution is 2.27. The van der Waals surface area contributed by atoms with E-state index in [0.29, 0.717) is 32.3 Å². The first kappa shape index (κ1) is 19.4. The fraction of sp³-hybridized carbons (Fsp3) is 0.0870. The average Bonchev–Trinajstić information content (AvgIpc) is 2.75. The quantitative estimate of drug-likeness (QED) is 0.246. The maximum absolute atomic E-state index is 13.2. The lowest BCUT2D eigenvalue weighted by Crippen LogP contribution is -2.23. The second-order valence-corrected chi connectivity index (χ2v) is 8.26. The maximum atomic E-state index is 13.2. The topological polar surface area (TPSA) is 52.0 Å². The zero-order valence-corrected chi connectivity index (χ0v) is 17.2. The molecule has 3 aromatic carbocycles. The van der Waals surface area contributed by atoms with Crippen LogP contribution in [0.2, 0.25) is 5.02 Å². The summed E-state index contributed by atoms with van der Waals surface area (Å²) in [5, 5.41) is 1.16. The van der Waals surface area contributed by atoms with Crippen LogP contribution in [0, 0.1) is 0 Å². The molecule has 0 aliphatic heterocycles. The number of carbonyl (C=O) groups is 1. The van der Waals surface area contributed by atoms with Crippen LogP contribution >= 0.6 is 23.4 Å². The number of aromatic nitrogens is 2. The van der Waals surface area contributed by atoms with Gasteiger partial charge < -0.3 is 0 Å². The smallest absolute Gasteiger partial charge is 0.266 e. The van der Waals surface area contributed by atoms with E-state index in [1.54, 1.807) is 48.5 Å². The summed E-state index contributed by atoms with van der Waals surface area (Å²) in [6.07, 6.45) is 0. The van der Waals surface area contributed by atoms with Gasteiger partial charge >= 0.3 is 0 Å². The number of benzene rings is 3. The first-order chi connectivity index (χ1) is 14.0. The summed E-state index contributed by atoms with van der Waals surface area (Å²) in [6, 6.07) is 23.3. The van der Waals surface area contributed by atoms with Gasteiger partial charge in [-0.15, -0.1) is 0 Å². The monoisotopic (exact) mass is 420 g/mol. The number of nitrogens with zero attached hydrogens (tertiary/aromatic N) is 2. The molecule has 144 valence electrons. The molecular formula is C23H17ClN2O2S. The highest BCUT2D eigenvalue weighted by atomic mass is 35.5. The van der Waals surface area contributed by atoms with Crippen LogP contribution in [0.3, 0.4) is 0 Å². The second-order valence-electron chi connectivity index (χ2n) is 6.52. The number of ketones is 1. The van der Waals surface area contributed by atoms with Gasteiger partial charge in [0.1, 0.15) is 0 Å². The van der Waals surface area contributed by atoms with Crippen LogP contribution in [-0.4, -0.2) is 20.6 Å². The van der Waals surface area contributed by atoms with E-state index in [1.807, 2.05) is 37.3 Å². The molecule has 1 heterocycles. The third-order valence-corrected chi connectivity index (χ3v) is 5.84. The Balaban J connectivity index is 1.82. The number of Topliss-reactive ketones (excluding diaryl/α,β-unsaturated/α-hetero) is 1. The number of thioether (sulfide) groups is 1. The third kappa shape index (κ3) is 3.97. The van der Waals surface area contributed by atoms with Crippen molar-refractivity contribution in [3.63, 3.8) is 0 Å². The lowest BCUT2D eigenvalue weighted by Gasteiger charge is -2.16. The summed E-state index contributed by atoms with van der Waals surface area (Å²) < 4.78 is 1.54. The highest BCUT2D eigenvalue weighted by Gasteiger charge is 2.21. The van der Waals surface area contributed by atoms with Crippen LogP contribution in [-0.2, 0) is 0 Å². The Bertz CT molecular complexity index is 1240. The molecular weight excluding hydrogens is 404 g/mol. The molecule has 0 saturated heterocycles. The Morgan fingerprint density at radius 1 is 0.966 bits per heavy atom. The van der Waals surface area contributed by atoms with Crippen molar-refractivity contribution in [1.82, 2.24) is 9.55 Å². The van der Waals surface area contributed by atoms with E-state index >= 15 is 0 Å². The third-order valence-electron chi connectivity index (χ3n) is 4.54. The Morgan fingerprint density at radius 3 is 2.34 bits per heavy atom. The van der Waals surface area contributed by atoms with Gasteiger partial charge in [-0.05, 0) is 43.3 Å². The molecule has 4 aromatic rings. The molecule has 6 heteroatoms. The lowest BCUT2D eigenvalue weighted by molar-refractivity contribution is 0.0994. The zero-order valence-electron chi connectivity index (χ0n) is 15.6. The molecule has 4 nitrogen and oxygen atoms in total. The molecule has 0 bridgehead atoms. The molecule has 0 aliphatic carbocycles. The lowest BCUT2D eigenvalue weighted by atomic mass is 10.1. The molecule has 29 heavy (non-hydrogen) atoms. The van der Waals surface area contributed by atoms with Crippen molar-refractivity contribution in [2.75, 3.05) is 0 Å². The van der Waals surface area contributed by atoms with Crippen molar-refractivity contribution in [3.8, 4) is 5.69 Å². The van der Waals surface area contributed by atoms with E-state index in [-0.39, 0.29) is 11.3 Å². The van der Waals surface area contributed by atoms with E-state index in [4.69, 9.17) is 16.6 Å². The van der Waals surface area contributed by atoms with Gasteiger partial charge in [-0.1, -0.05) is 65.8 Å². The van der Waals surface area contributed by atoms with E-state index in [1.165, 1.54) is 16.3 Å². The van der Waals surface area contributed by atoms with E-state index in [9.17, 15) is 9.59 Å². The van der Waals surface area contributed by atoms with Gasteiger partial charge in [-0.3, -0.25) is 14.2 Å². The molecule has 0 amide bonds. The molecule has 4 rings (SSSR count). The number of carbonyl (C=O) groups excluding carboxylic acids is 1. The van der Waals surface area contributed by atoms with Crippen LogP contribution < -0.4 is 5.56 Å². The molecule has 0 fully saturated rings. The number of rotatable bonds is 5. The number of para-hydroxylation sites is 1. The predicted octanol–water partition coefficient (Wildman–Crippen LogP) is 5.40. The summed E-state index contributed by atoms with van der Waals surface area (Å²) in [4.78, 5) is 30.8. The minimum absolute atomic E-state index is 0.0133. The Morgan fingerprint density at radius 2 is 1.62 bits per heavy atom. The molecule has 1 atom stereocenters. The molecule has 0 radical (unpaired) electrons. The van der Waals surface area contributed by atoms with Crippen LogP contribution in [0.4, 0.5) is 0 Å². The first-order valence-electron chi connectivity index (χ1n) is 9.08. The molecule has 0 saturated carbocycles. The van der Waals surface area contributed by atoms with Crippen molar-refractivity contribution >= 4 is 40.0 Å². The predicted molar refractivity (Wildman–Crippen MR) is 118 cm³/mol. The summed E-state index contributed by atoms with van der Waals surface area (Å²) in [6.45, 7) is 1.83. The number of hydrogen-bond donors (Lipinski definition) is 0. The highest BCUT2D eigenvalue weighted by molar-refractivity contribution is 8.00. The van der Waals surface area contributed by atoms with Gasteiger partial charge in [0.2, 0.25) is 0 Å². The normalized spacial score (nSPS) is 12.1. The molecule has 0 aliphatic rings. The summed E-state index contributed by atoms with van der Waals surface area (Å²) in [5.74, 6) is -0.0133. The largest absolute Gasteiger partial charge is 0.293 e. The van der Waals surface area contributed by atoms with Gasteiger partial charge in [0, 0.05) is 10.6 Å². The number of fused-ring (bicyclic) bond motifs is 1. The van der Waals surface area contributed by atoms with Crippen molar-refractivity contribution < 1.29 is 4.79 Å². The summed E-state index contributed by atoms with van der Waals surface area (Å²) in [5.41, 5.74) is 1.71. The molecule has 1 aromatic heterocycles. The Kier molecular flexibility index (Phi) is 5.51. The van der Waals surface area contributed by atoms with Crippen molar-refractivity contribution in [3.05, 3.63) is 99.8 Å². The van der Waals surface area contributed by atoms with Gasteiger partial charge in [-0.2, -0.15) is 0 Å². The minimum Gasteiger partial charge on any atom is -0.293 e. The molecule has 0 spiro atoms. The van der Waals surface area contributed by atoms with Gasteiger partial charge in [-0.25, -0.2) is 4.98 Å². The van der Waals surface area contributed by atoms with Crippen molar-refractivity contribution in [2.24, 2.45) is 0 Å². The summed E-state index contributed by atoms with van der Waals surface area (Å²) >= 11 is 7.29. The Hall–Kier alpha value is -2.89. The Labute approximate surface area is 177 Å². The van der Waals surface area contributed by atoms with Gasteiger partial charge in [0.25, 0.3) is 5.56 Å². The van der Waals surface area contributed by atoms with E-state index in [2.05, 4.69) is 0 Å². The first-order valence-corrected chi connectivity index (χ1v) is 10.3. The molecule has 0 N–H and O–H groups in total. The fourth-order valence-electron chi connectivity index (χ4n) is 3.06. The fourth-order valence-corrected chi connectivity index (χ4v) is 4.19. The van der Waals surface area contributed by atoms with Crippen LogP contribution in [0.25, 0.3) is 16.6 Å². The molecule has 1 unspecified atom stereocenters. The minimum atomic E-state index is -0.413. The number of hydrogen-bond acceptors (Lipinski definition) is 4.